The van der Waals surface area contributed by atoms with Crippen molar-refractivity contribution in [1.29, 1.82) is 0 Å². The fraction of sp³-hybridized carbons (Fsp3) is 0.400. The Morgan fingerprint density at radius 3 is 2.59 bits per heavy atom. The molecule has 0 aliphatic heterocycles. The molecule has 17 heavy (non-hydrogen) atoms. The number of hydrogen-bond donors (Lipinski definition) is 3. The van der Waals surface area contributed by atoms with E-state index in [1.54, 1.807) is 0 Å². The molecule has 1 aliphatic carbocycles. The third-order valence-electron chi connectivity index (χ3n) is 2.71. The molecule has 1 fully saturated rings. The van der Waals surface area contributed by atoms with Crippen LogP contribution in [0.1, 0.15) is 12.8 Å². The number of halogens is 1. The van der Waals surface area contributed by atoms with Crippen LogP contribution in [-0.4, -0.2) is 25.7 Å². The van der Waals surface area contributed by atoms with Gasteiger partial charge in [-0.3, -0.25) is 0 Å². The first-order valence-corrected chi connectivity index (χ1v) is 6.62. The van der Waals surface area contributed by atoms with E-state index < -0.39 is 21.9 Å². The summed E-state index contributed by atoms with van der Waals surface area (Å²) in [7, 11) is -3.69. The Hall–Kier alpha value is -1.18. The van der Waals surface area contributed by atoms with Gasteiger partial charge in [0.1, 0.15) is 5.82 Å². The van der Waals surface area contributed by atoms with Gasteiger partial charge in [0.2, 0.25) is 10.0 Å². The molecule has 0 bridgehead atoms. The second-order valence-corrected chi connectivity index (χ2v) is 5.84. The van der Waals surface area contributed by atoms with Crippen LogP contribution < -0.4 is 10.5 Å². The molecule has 94 valence electrons. The topological polar surface area (TPSA) is 92.4 Å². The van der Waals surface area contributed by atoms with E-state index in [1.807, 2.05) is 0 Å². The summed E-state index contributed by atoms with van der Waals surface area (Å²) in [6.45, 7) is 0. The molecular weight excluding hydrogens is 247 g/mol. The predicted molar refractivity (Wildman–Crippen MR) is 60.2 cm³/mol. The van der Waals surface area contributed by atoms with E-state index in [-0.39, 0.29) is 16.6 Å². The first-order valence-electron chi connectivity index (χ1n) is 5.14. The maximum absolute atomic E-state index is 12.9. The molecule has 0 heterocycles. The van der Waals surface area contributed by atoms with Crippen molar-refractivity contribution in [2.45, 2.75) is 29.9 Å². The molecule has 0 atom stereocenters. The Balaban J connectivity index is 2.17. The summed E-state index contributed by atoms with van der Waals surface area (Å²) >= 11 is 0. The van der Waals surface area contributed by atoms with Crippen molar-refractivity contribution >= 4 is 15.7 Å². The monoisotopic (exact) mass is 260 g/mol. The van der Waals surface area contributed by atoms with E-state index in [0.29, 0.717) is 12.8 Å². The number of nitrogen functional groups attached to an aromatic ring is 1. The van der Waals surface area contributed by atoms with E-state index >= 15 is 0 Å². The van der Waals surface area contributed by atoms with E-state index in [4.69, 9.17) is 10.8 Å². The van der Waals surface area contributed by atoms with Crippen LogP contribution in [0, 0.1) is 5.82 Å². The van der Waals surface area contributed by atoms with Crippen molar-refractivity contribution in [2.75, 3.05) is 5.73 Å². The van der Waals surface area contributed by atoms with E-state index in [9.17, 15) is 12.8 Å². The fourth-order valence-corrected chi connectivity index (χ4v) is 2.96. The molecule has 0 aromatic heterocycles. The lowest BCUT2D eigenvalue weighted by molar-refractivity contribution is 0.0712. The van der Waals surface area contributed by atoms with Gasteiger partial charge in [-0.2, -0.15) is 0 Å². The molecule has 1 aromatic rings. The van der Waals surface area contributed by atoms with Crippen molar-refractivity contribution in [3.05, 3.63) is 24.0 Å². The molecule has 4 N–H and O–H groups in total. The van der Waals surface area contributed by atoms with Crippen LogP contribution in [0.15, 0.2) is 23.1 Å². The average Bonchev–Trinajstić information content (AvgIpc) is 2.19. The summed E-state index contributed by atoms with van der Waals surface area (Å²) in [5.74, 6) is -0.650. The third kappa shape index (κ3) is 2.56. The van der Waals surface area contributed by atoms with E-state index in [1.165, 1.54) is 0 Å². The zero-order valence-electron chi connectivity index (χ0n) is 8.93. The normalized spacial score (nSPS) is 24.4. The van der Waals surface area contributed by atoms with Crippen molar-refractivity contribution in [3.63, 3.8) is 0 Å². The molecular formula is C10H13FN2O3S. The molecule has 7 heteroatoms. The first kappa shape index (κ1) is 12.3. The minimum Gasteiger partial charge on any atom is -0.396 e. The van der Waals surface area contributed by atoms with Gasteiger partial charge in [-0.15, -0.1) is 0 Å². The van der Waals surface area contributed by atoms with Crippen molar-refractivity contribution in [2.24, 2.45) is 0 Å². The number of hydrogen-bond acceptors (Lipinski definition) is 4. The Kier molecular flexibility index (Phi) is 3.07. The molecule has 1 aliphatic rings. The molecule has 0 unspecified atom stereocenters. The molecule has 1 aromatic carbocycles. The summed E-state index contributed by atoms with van der Waals surface area (Å²) in [5, 5.41) is 9.06. The predicted octanol–water partition coefficient (Wildman–Crippen LogP) is 0.209. The van der Waals surface area contributed by atoms with Gasteiger partial charge in [0.15, 0.2) is 0 Å². The maximum atomic E-state index is 12.9. The molecule has 0 saturated heterocycles. The number of sulfonamides is 1. The number of benzene rings is 1. The molecule has 0 radical (unpaired) electrons. The number of rotatable bonds is 3. The number of aliphatic hydroxyl groups excluding tert-OH is 1. The molecule has 0 amide bonds. The third-order valence-corrected chi connectivity index (χ3v) is 4.23. The Morgan fingerprint density at radius 1 is 1.41 bits per heavy atom. The molecule has 5 nitrogen and oxygen atoms in total. The van der Waals surface area contributed by atoms with Gasteiger partial charge in [0, 0.05) is 6.04 Å². The summed E-state index contributed by atoms with van der Waals surface area (Å²) in [4.78, 5) is -0.0715. The summed E-state index contributed by atoms with van der Waals surface area (Å²) in [5.41, 5.74) is 5.10. The van der Waals surface area contributed by atoms with E-state index in [0.717, 1.165) is 18.2 Å². The highest BCUT2D eigenvalue weighted by atomic mass is 32.2. The minimum absolute atomic E-state index is 0.0715. The van der Waals surface area contributed by atoms with Crippen LogP contribution in [0.25, 0.3) is 0 Å². The van der Waals surface area contributed by atoms with Crippen LogP contribution in [0.3, 0.4) is 0 Å². The second-order valence-electron chi connectivity index (χ2n) is 4.13. The summed E-state index contributed by atoms with van der Waals surface area (Å²) in [6.07, 6.45) is 0.354. The smallest absolute Gasteiger partial charge is 0.240 e. The largest absolute Gasteiger partial charge is 0.396 e. The lowest BCUT2D eigenvalue weighted by atomic mass is 9.91. The fourth-order valence-electron chi connectivity index (χ4n) is 1.66. The van der Waals surface area contributed by atoms with Crippen molar-refractivity contribution < 1.29 is 17.9 Å². The van der Waals surface area contributed by atoms with Gasteiger partial charge in [0.25, 0.3) is 0 Å². The average molecular weight is 260 g/mol. The zero-order valence-corrected chi connectivity index (χ0v) is 9.74. The summed E-state index contributed by atoms with van der Waals surface area (Å²) in [6, 6.07) is 2.98. The standard InChI is InChI=1S/C10H13FN2O3S/c11-9-2-1-8(5-10(9)12)17(15,16)13-6-3-7(14)4-6/h1-2,5-7,13-14H,3-4,12H2. The van der Waals surface area contributed by atoms with Gasteiger partial charge in [-0.25, -0.2) is 17.5 Å². The SMILES string of the molecule is Nc1cc(S(=O)(=O)NC2CC(O)C2)ccc1F. The Bertz CT molecular complexity index is 526. The first-order chi connectivity index (χ1) is 7.88. The lowest BCUT2D eigenvalue weighted by Gasteiger charge is -2.31. The zero-order chi connectivity index (χ0) is 12.6. The number of aliphatic hydroxyl groups is 1. The van der Waals surface area contributed by atoms with Crippen molar-refractivity contribution in [1.82, 2.24) is 4.72 Å². The second kappa shape index (κ2) is 4.25. The lowest BCUT2D eigenvalue weighted by Crippen LogP contribution is -2.46. The highest BCUT2D eigenvalue weighted by molar-refractivity contribution is 7.89. The highest BCUT2D eigenvalue weighted by Gasteiger charge is 2.31. The van der Waals surface area contributed by atoms with Gasteiger partial charge < -0.3 is 10.8 Å². The van der Waals surface area contributed by atoms with Crippen molar-refractivity contribution in [3.8, 4) is 0 Å². The molecule has 2 rings (SSSR count). The van der Waals surface area contributed by atoms with Gasteiger partial charge >= 0.3 is 0 Å². The molecule has 0 spiro atoms. The number of nitrogens with two attached hydrogens (primary N) is 1. The van der Waals surface area contributed by atoms with Crippen LogP contribution in [-0.2, 0) is 10.0 Å². The van der Waals surface area contributed by atoms with Crippen LogP contribution >= 0.6 is 0 Å². The Labute approximate surface area is 98.5 Å². The maximum Gasteiger partial charge on any atom is 0.240 e. The number of nitrogens with one attached hydrogen (secondary N) is 1. The minimum atomic E-state index is -3.69. The van der Waals surface area contributed by atoms with E-state index in [2.05, 4.69) is 4.72 Å². The van der Waals surface area contributed by atoms with Crippen LogP contribution in [0.4, 0.5) is 10.1 Å². The van der Waals surface area contributed by atoms with Crippen LogP contribution in [0.5, 0.6) is 0 Å². The highest BCUT2D eigenvalue weighted by Crippen LogP contribution is 2.23. The van der Waals surface area contributed by atoms with Gasteiger partial charge in [0.05, 0.1) is 16.7 Å². The Morgan fingerprint density at radius 2 is 2.06 bits per heavy atom. The number of anilines is 1. The van der Waals surface area contributed by atoms with Gasteiger partial charge in [-0.05, 0) is 31.0 Å². The summed E-state index contributed by atoms with van der Waals surface area (Å²) < 4.78 is 39.0. The molecule has 1 saturated carbocycles. The van der Waals surface area contributed by atoms with Gasteiger partial charge in [-0.1, -0.05) is 0 Å². The quantitative estimate of drug-likeness (QED) is 0.677. The van der Waals surface area contributed by atoms with Crippen LogP contribution in [0.2, 0.25) is 0 Å².